The zero-order chi connectivity index (χ0) is 30.0. The highest BCUT2D eigenvalue weighted by Crippen LogP contribution is 2.37. The van der Waals surface area contributed by atoms with E-state index in [1.54, 1.807) is 40.0 Å². The van der Waals surface area contributed by atoms with Crippen molar-refractivity contribution in [2.45, 2.75) is 39.5 Å². The van der Waals surface area contributed by atoms with E-state index < -0.39 is 12.0 Å². The van der Waals surface area contributed by atoms with Crippen LogP contribution in [0.4, 0.5) is 0 Å². The molecular formula is C32H28BrClN2O5S. The normalized spacial score (nSPS) is 14.9. The molecule has 216 valence electrons. The second-order valence-electron chi connectivity index (χ2n) is 9.84. The number of aromatic nitrogens is 1. The maximum absolute atomic E-state index is 14.1. The molecule has 0 bridgehead atoms. The molecule has 4 aromatic rings. The molecule has 7 nitrogen and oxygen atoms in total. The predicted octanol–water partition coefficient (Wildman–Crippen LogP) is 6.19. The van der Waals surface area contributed by atoms with Crippen LogP contribution in [0.15, 0.2) is 92.3 Å². The smallest absolute Gasteiger partial charge is 0.338 e. The number of para-hydroxylation sites is 1. The number of benzene rings is 3. The number of carbonyl (C=O) groups excluding carboxylic acids is 1. The fraction of sp³-hybridized carbons (Fsp3) is 0.219. The van der Waals surface area contributed by atoms with E-state index >= 15 is 0 Å². The van der Waals surface area contributed by atoms with Crippen molar-refractivity contribution in [3.05, 3.63) is 124 Å². The van der Waals surface area contributed by atoms with Gasteiger partial charge in [-0.05, 0) is 57.2 Å². The van der Waals surface area contributed by atoms with E-state index in [-0.39, 0.29) is 23.8 Å². The van der Waals surface area contributed by atoms with Crippen molar-refractivity contribution in [1.29, 1.82) is 0 Å². The summed E-state index contributed by atoms with van der Waals surface area (Å²) in [6, 6.07) is 19.6. The molecule has 0 amide bonds. The maximum atomic E-state index is 14.1. The van der Waals surface area contributed by atoms with Crippen molar-refractivity contribution in [2.75, 3.05) is 7.11 Å². The molecule has 1 atom stereocenters. The van der Waals surface area contributed by atoms with Crippen LogP contribution in [0.5, 0.6) is 11.5 Å². The minimum Gasteiger partial charge on any atom is -0.496 e. The predicted molar refractivity (Wildman–Crippen MR) is 168 cm³/mol. The van der Waals surface area contributed by atoms with Crippen LogP contribution in [0.1, 0.15) is 43.5 Å². The van der Waals surface area contributed by atoms with Crippen LogP contribution in [0, 0.1) is 0 Å². The Balaban J connectivity index is 1.65. The number of fused-ring (bicyclic) bond motifs is 1. The molecule has 0 fully saturated rings. The quantitative estimate of drug-likeness (QED) is 0.210. The Kier molecular flexibility index (Phi) is 9.01. The zero-order valence-electron chi connectivity index (χ0n) is 23.4. The molecule has 1 aliphatic heterocycles. The van der Waals surface area contributed by atoms with Gasteiger partial charge >= 0.3 is 5.97 Å². The van der Waals surface area contributed by atoms with Crippen molar-refractivity contribution in [3.63, 3.8) is 0 Å². The maximum Gasteiger partial charge on any atom is 0.338 e. The van der Waals surface area contributed by atoms with Gasteiger partial charge in [0.05, 0.1) is 29.0 Å². The molecule has 0 aliphatic carbocycles. The van der Waals surface area contributed by atoms with Gasteiger partial charge in [0.15, 0.2) is 4.80 Å². The van der Waals surface area contributed by atoms with Crippen molar-refractivity contribution < 1.29 is 19.0 Å². The summed E-state index contributed by atoms with van der Waals surface area (Å²) < 4.78 is 20.1. The lowest BCUT2D eigenvalue weighted by Gasteiger charge is -2.26. The fourth-order valence-corrected chi connectivity index (χ4v) is 6.32. The highest BCUT2D eigenvalue weighted by molar-refractivity contribution is 9.10. The minimum absolute atomic E-state index is 0.273. The van der Waals surface area contributed by atoms with Crippen LogP contribution in [-0.4, -0.2) is 23.8 Å². The summed E-state index contributed by atoms with van der Waals surface area (Å²) >= 11 is 11.1. The first-order valence-electron chi connectivity index (χ1n) is 13.2. The van der Waals surface area contributed by atoms with Crippen LogP contribution in [-0.2, 0) is 16.1 Å². The SMILES string of the molecule is COc1ccc(Br)cc1[C@H]1C(C(=O)OC(C)C)=C(C)N=c2s/c(=C\c3ccccc3OCc3ccccc3Cl)c(=O)n21. The molecule has 0 spiro atoms. The first-order chi connectivity index (χ1) is 20.2. The third-order valence-corrected chi connectivity index (χ3v) is 8.46. The van der Waals surface area contributed by atoms with Crippen LogP contribution in [0.3, 0.4) is 0 Å². The highest BCUT2D eigenvalue weighted by atomic mass is 79.9. The summed E-state index contributed by atoms with van der Waals surface area (Å²) in [5, 5.41) is 0.619. The molecule has 0 N–H and O–H groups in total. The first kappa shape index (κ1) is 29.8. The number of nitrogens with zero attached hydrogens (tertiary/aromatic N) is 2. The van der Waals surface area contributed by atoms with Gasteiger partial charge < -0.3 is 14.2 Å². The minimum atomic E-state index is -0.811. The van der Waals surface area contributed by atoms with E-state index in [1.807, 2.05) is 60.7 Å². The molecule has 0 saturated carbocycles. The van der Waals surface area contributed by atoms with Gasteiger partial charge in [0, 0.05) is 26.2 Å². The average Bonchev–Trinajstić information content (AvgIpc) is 3.26. The van der Waals surface area contributed by atoms with Crippen LogP contribution in [0.2, 0.25) is 5.02 Å². The lowest BCUT2D eigenvalue weighted by Crippen LogP contribution is -2.40. The largest absolute Gasteiger partial charge is 0.496 e. The van der Waals surface area contributed by atoms with Gasteiger partial charge in [-0.15, -0.1) is 0 Å². The van der Waals surface area contributed by atoms with Gasteiger partial charge in [-0.1, -0.05) is 75.3 Å². The van der Waals surface area contributed by atoms with Crippen LogP contribution >= 0.6 is 38.9 Å². The van der Waals surface area contributed by atoms with Gasteiger partial charge in [0.1, 0.15) is 24.1 Å². The number of halogens is 2. The zero-order valence-corrected chi connectivity index (χ0v) is 26.5. The Morgan fingerprint density at radius 2 is 1.86 bits per heavy atom. The van der Waals surface area contributed by atoms with Gasteiger partial charge in [-0.25, -0.2) is 9.79 Å². The summed E-state index contributed by atoms with van der Waals surface area (Å²) in [5.41, 5.74) is 2.67. The number of allylic oxidation sites excluding steroid dienone is 1. The second kappa shape index (κ2) is 12.7. The van der Waals surface area contributed by atoms with E-state index in [1.165, 1.54) is 15.9 Å². The number of methoxy groups -OCH3 is 1. The number of rotatable bonds is 8. The topological polar surface area (TPSA) is 79.1 Å². The number of hydrogen-bond acceptors (Lipinski definition) is 7. The molecule has 2 heterocycles. The standard InChI is InChI=1S/C32H28BrClN2O5S/c1-18(2)41-31(38)28-19(3)35-32-36(29(28)23-16-22(33)13-14-26(23)39-4)30(37)27(42-32)15-20-9-6-8-12-25(20)40-17-21-10-5-7-11-24(21)34/h5-16,18,29H,17H2,1-4H3/b27-15-/t29-/m0/s1. The lowest BCUT2D eigenvalue weighted by molar-refractivity contribution is -0.143. The molecule has 10 heteroatoms. The number of carbonyl (C=O) groups is 1. The van der Waals surface area contributed by atoms with Crippen molar-refractivity contribution in [3.8, 4) is 11.5 Å². The number of thiazole rings is 1. The summed E-state index contributed by atoms with van der Waals surface area (Å²) in [6.07, 6.45) is 1.43. The lowest BCUT2D eigenvalue weighted by atomic mass is 9.95. The highest BCUT2D eigenvalue weighted by Gasteiger charge is 2.35. The Hall–Kier alpha value is -3.66. The van der Waals surface area contributed by atoms with E-state index in [0.717, 1.165) is 15.6 Å². The molecule has 1 aliphatic rings. The van der Waals surface area contributed by atoms with Crippen LogP contribution in [0.25, 0.3) is 6.08 Å². The first-order valence-corrected chi connectivity index (χ1v) is 15.2. The summed E-state index contributed by atoms with van der Waals surface area (Å²) in [5.74, 6) is 0.595. The van der Waals surface area contributed by atoms with Gasteiger partial charge in [0.25, 0.3) is 5.56 Å². The number of esters is 1. The van der Waals surface area contributed by atoms with E-state index in [4.69, 9.17) is 25.8 Å². The third-order valence-electron chi connectivity index (χ3n) is 6.62. The molecule has 42 heavy (non-hydrogen) atoms. The second-order valence-corrected chi connectivity index (χ2v) is 12.2. The molecule has 3 aromatic carbocycles. The average molecular weight is 668 g/mol. The number of ether oxygens (including phenoxy) is 3. The molecule has 5 rings (SSSR count). The monoisotopic (exact) mass is 666 g/mol. The summed E-state index contributed by atoms with van der Waals surface area (Å²) in [7, 11) is 1.55. The van der Waals surface area contributed by atoms with E-state index in [2.05, 4.69) is 20.9 Å². The Morgan fingerprint density at radius 3 is 2.60 bits per heavy atom. The summed E-state index contributed by atoms with van der Waals surface area (Å²) in [6.45, 7) is 5.59. The summed E-state index contributed by atoms with van der Waals surface area (Å²) in [4.78, 5) is 32.7. The van der Waals surface area contributed by atoms with Crippen LogP contribution < -0.4 is 24.4 Å². The fourth-order valence-electron chi connectivity index (χ4n) is 4.72. The number of hydrogen-bond donors (Lipinski definition) is 0. The van der Waals surface area contributed by atoms with Gasteiger partial charge in [-0.2, -0.15) is 0 Å². The Morgan fingerprint density at radius 1 is 1.12 bits per heavy atom. The Bertz CT molecular complexity index is 1880. The van der Waals surface area contributed by atoms with E-state index in [0.29, 0.717) is 37.1 Å². The third kappa shape index (κ3) is 6.09. The molecule has 0 saturated heterocycles. The van der Waals surface area contributed by atoms with Crippen molar-refractivity contribution in [2.24, 2.45) is 4.99 Å². The molecular weight excluding hydrogens is 640 g/mol. The molecule has 0 radical (unpaired) electrons. The van der Waals surface area contributed by atoms with Crippen molar-refractivity contribution in [1.82, 2.24) is 4.57 Å². The Labute approximate surface area is 260 Å². The molecule has 1 aromatic heterocycles. The van der Waals surface area contributed by atoms with Gasteiger partial charge in [0.2, 0.25) is 0 Å². The van der Waals surface area contributed by atoms with Crippen molar-refractivity contribution >= 4 is 50.9 Å². The van der Waals surface area contributed by atoms with E-state index in [9.17, 15) is 9.59 Å². The van der Waals surface area contributed by atoms with Gasteiger partial charge in [-0.3, -0.25) is 9.36 Å². The molecule has 0 unspecified atom stereocenters.